The minimum absolute atomic E-state index is 0.0219. The molecule has 0 bridgehead atoms. The van der Waals surface area contributed by atoms with Crippen molar-refractivity contribution >= 4 is 93.1 Å². The predicted octanol–water partition coefficient (Wildman–Crippen LogP) is 23.5. The van der Waals surface area contributed by atoms with Crippen LogP contribution in [-0.4, -0.2) is 103 Å². The number of rotatable bonds is 19. The lowest BCUT2D eigenvalue weighted by Gasteiger charge is -2.25. The summed E-state index contributed by atoms with van der Waals surface area (Å²) in [6.07, 6.45) is 1.66. The average molecular weight is 1860 g/mol. The van der Waals surface area contributed by atoms with E-state index in [1.54, 1.807) is 105 Å². The molecule has 0 radical (unpaired) electrons. The van der Waals surface area contributed by atoms with Gasteiger partial charge in [0.05, 0.1) is 63.5 Å². The Kier molecular flexibility index (Phi) is 29.6. The van der Waals surface area contributed by atoms with Crippen LogP contribution in [0.5, 0.6) is 0 Å². The van der Waals surface area contributed by atoms with Gasteiger partial charge in [-0.05, 0) is 179 Å². The van der Waals surface area contributed by atoms with E-state index in [0.29, 0.717) is 79.8 Å². The van der Waals surface area contributed by atoms with Crippen LogP contribution >= 0.6 is 0 Å². The summed E-state index contributed by atoms with van der Waals surface area (Å²) in [6, 6.07) is 90.5. The molecule has 4 aliphatic rings. The van der Waals surface area contributed by atoms with Crippen LogP contribution < -0.4 is 19.6 Å². The first-order valence-corrected chi connectivity index (χ1v) is 46.6. The van der Waals surface area contributed by atoms with Crippen LogP contribution in [0.3, 0.4) is 0 Å². The van der Waals surface area contributed by atoms with Gasteiger partial charge >= 0.3 is 23.6 Å². The van der Waals surface area contributed by atoms with Crippen LogP contribution in [0.15, 0.2) is 332 Å². The number of nitrogens with zero attached hydrogens (tertiary/aromatic N) is 11. The minimum atomic E-state index is -0.855. The summed E-state index contributed by atoms with van der Waals surface area (Å²) >= 11 is 0. The van der Waals surface area contributed by atoms with Crippen molar-refractivity contribution in [2.45, 2.75) is 158 Å². The molecule has 704 valence electrons. The predicted molar refractivity (Wildman–Crippen MR) is 546 cm³/mol. The quantitative estimate of drug-likeness (QED) is 0.0332. The van der Waals surface area contributed by atoms with Gasteiger partial charge in [0.1, 0.15) is 28.9 Å². The second-order valence-electron chi connectivity index (χ2n) is 36.8. The lowest BCUT2D eigenvalue weighted by molar-refractivity contribution is -0.132. The lowest BCUT2D eigenvalue weighted by Crippen LogP contribution is -2.30. The van der Waals surface area contributed by atoms with Crippen molar-refractivity contribution < 1.29 is 58.8 Å². The van der Waals surface area contributed by atoms with Gasteiger partial charge in [0.25, 0.3) is 23.1 Å². The number of carbonyl (C=O) groups excluding carboxylic acids is 8. The second-order valence-corrected chi connectivity index (χ2v) is 36.8. The number of hydrogen-bond donors (Lipinski definition) is 4. The Labute approximate surface area is 814 Å². The van der Waals surface area contributed by atoms with E-state index in [1.165, 1.54) is 19.6 Å². The van der Waals surface area contributed by atoms with Gasteiger partial charge in [0.15, 0.2) is 17.5 Å². The van der Waals surface area contributed by atoms with E-state index in [4.69, 9.17) is 0 Å². The van der Waals surface area contributed by atoms with Crippen molar-refractivity contribution in [1.29, 1.82) is 0 Å². The van der Waals surface area contributed by atoms with E-state index in [2.05, 4.69) is 91.0 Å². The first-order chi connectivity index (χ1) is 67.2. The number of pyridine rings is 1. The fraction of sp³-hybridized carbons (Fsp3) is 0.205. The van der Waals surface area contributed by atoms with Crippen LogP contribution in [0.25, 0.3) is 45.3 Å². The maximum atomic E-state index is 13.4. The number of aliphatic hydroxyl groups is 4. The highest BCUT2D eigenvalue weighted by Crippen LogP contribution is 2.48. The summed E-state index contributed by atoms with van der Waals surface area (Å²) in [5, 5.41) is 70.1. The SMILES string of the molecule is Cc1ccc(C(O)=C2C(=O)C(=O)N(c3ccc(C(C)C)nn3)C2c2ccc(C(C)C)cc2)cc1.Cc1ccc(C(O)=C2C(=O)C(=O)N(c3ccc(C)nn3)C2c2ccc(-c3ccccc3)cc2)cc1.Cc1ccc(N2C(=O)C(=O)C(=C(O)c3ccc(C(C)C)cc3)C2c2ccc(-c3ccccc3)cc2)nn1.Cc1ccc(N2C(=O)C(=O)C(=C(O)c3ccc(C(C)C)cc3)C2c2ccc(C(C)C)cc2)nc1. The van der Waals surface area contributed by atoms with E-state index < -0.39 is 70.9 Å². The first-order valence-electron chi connectivity index (χ1n) is 46.6. The van der Waals surface area contributed by atoms with Gasteiger partial charge < -0.3 is 20.4 Å². The Hall–Kier alpha value is -16.7. The number of amides is 4. The Morgan fingerprint density at radius 1 is 0.243 bits per heavy atom. The first kappa shape index (κ1) is 97.8. The summed E-state index contributed by atoms with van der Waals surface area (Å²) in [5.74, 6) is -4.08. The summed E-state index contributed by atoms with van der Waals surface area (Å²) in [5.41, 5.74) is 18.7. The molecule has 18 rings (SSSR count). The molecule has 23 nitrogen and oxygen atoms in total. The molecule has 10 aromatic carbocycles. The Morgan fingerprint density at radius 2 is 0.486 bits per heavy atom. The van der Waals surface area contributed by atoms with Crippen molar-refractivity contribution in [3.63, 3.8) is 0 Å². The number of ketones is 4. The van der Waals surface area contributed by atoms with Gasteiger partial charge in [0, 0.05) is 28.5 Å². The normalized spacial score (nSPS) is 17.4. The molecule has 4 saturated heterocycles. The average Bonchev–Trinajstić information content (AvgIpc) is 1.61. The molecule has 0 aliphatic carbocycles. The molecule has 4 aromatic heterocycles. The Morgan fingerprint density at radius 3 is 0.736 bits per heavy atom. The molecule has 4 amide bonds. The van der Waals surface area contributed by atoms with Crippen LogP contribution in [0.2, 0.25) is 0 Å². The molecule has 14 aromatic rings. The second kappa shape index (κ2) is 42.3. The molecule has 0 saturated carbocycles. The van der Waals surface area contributed by atoms with Gasteiger partial charge in [-0.15, -0.1) is 15.3 Å². The van der Waals surface area contributed by atoms with E-state index >= 15 is 0 Å². The fourth-order valence-corrected chi connectivity index (χ4v) is 17.2. The zero-order valence-electron chi connectivity index (χ0n) is 80.6. The smallest absolute Gasteiger partial charge is 0.301 e. The molecule has 4 fully saturated rings. The molecular formula is C117H109N11O12. The number of benzene rings is 10. The van der Waals surface area contributed by atoms with Crippen LogP contribution in [0.1, 0.15) is 224 Å². The van der Waals surface area contributed by atoms with Gasteiger partial charge in [-0.3, -0.25) is 58.0 Å². The zero-order chi connectivity index (χ0) is 99.8. The van der Waals surface area contributed by atoms with E-state index in [9.17, 15) is 58.8 Å². The third-order valence-corrected chi connectivity index (χ3v) is 25.3. The zero-order valence-corrected chi connectivity index (χ0v) is 80.6. The van der Waals surface area contributed by atoms with E-state index in [-0.39, 0.29) is 68.7 Å². The van der Waals surface area contributed by atoms with Crippen molar-refractivity contribution in [2.75, 3.05) is 19.6 Å². The number of aliphatic hydroxyl groups excluding tert-OH is 4. The number of hydrogen-bond acceptors (Lipinski definition) is 19. The number of Topliss-reactive ketones (excluding diaryl/α,β-unsaturated/α-hetero) is 4. The highest BCUT2D eigenvalue weighted by Gasteiger charge is 2.52. The van der Waals surface area contributed by atoms with E-state index in [1.807, 2.05) is 253 Å². The minimum Gasteiger partial charge on any atom is -0.507 e. The molecule has 4 N–H and O–H groups in total. The highest BCUT2D eigenvalue weighted by molar-refractivity contribution is 6.54. The number of carbonyl (C=O) groups is 8. The summed E-state index contributed by atoms with van der Waals surface area (Å²) in [7, 11) is 0. The van der Waals surface area contributed by atoms with Gasteiger partial charge in [-0.2, -0.15) is 15.3 Å². The fourth-order valence-electron chi connectivity index (χ4n) is 17.2. The molecule has 4 atom stereocenters. The van der Waals surface area contributed by atoms with E-state index in [0.717, 1.165) is 72.5 Å². The van der Waals surface area contributed by atoms with Gasteiger partial charge in [0.2, 0.25) is 0 Å². The van der Waals surface area contributed by atoms with Crippen molar-refractivity contribution in [3.05, 3.63) is 432 Å². The van der Waals surface area contributed by atoms with Crippen molar-refractivity contribution in [1.82, 2.24) is 35.6 Å². The Balaban J connectivity index is 0.000000141. The molecule has 0 spiro atoms. The largest absolute Gasteiger partial charge is 0.507 e. The molecule has 8 heterocycles. The van der Waals surface area contributed by atoms with Crippen LogP contribution in [-0.2, 0) is 38.4 Å². The third-order valence-electron chi connectivity index (χ3n) is 25.3. The molecule has 23 heteroatoms. The summed E-state index contributed by atoms with van der Waals surface area (Å²) in [6.45, 7) is 30.2. The van der Waals surface area contributed by atoms with Crippen LogP contribution in [0, 0.1) is 34.6 Å². The number of anilines is 4. The maximum Gasteiger partial charge on any atom is 0.301 e. The third kappa shape index (κ3) is 20.7. The molecule has 140 heavy (non-hydrogen) atoms. The van der Waals surface area contributed by atoms with Crippen molar-refractivity contribution in [3.8, 4) is 22.3 Å². The Bertz CT molecular complexity index is 7090. The van der Waals surface area contributed by atoms with Gasteiger partial charge in [-0.25, -0.2) is 4.98 Å². The molecule has 4 unspecified atom stereocenters. The van der Waals surface area contributed by atoms with Crippen molar-refractivity contribution in [2.24, 2.45) is 0 Å². The molecular weight excluding hydrogens is 1750 g/mol. The summed E-state index contributed by atoms with van der Waals surface area (Å²) in [4.78, 5) is 116. The lowest BCUT2D eigenvalue weighted by atomic mass is 9.92. The summed E-state index contributed by atoms with van der Waals surface area (Å²) < 4.78 is 0. The van der Waals surface area contributed by atoms with Crippen LogP contribution in [0.4, 0.5) is 23.3 Å². The highest BCUT2D eigenvalue weighted by atomic mass is 16.3. The number of aryl methyl sites for hydroxylation is 5. The standard InChI is InChI=1S/C31H27N3O3.C29H23N3O3.C29H30N2O3.C28H29N3O3/c1-19(2)21-10-16-25(17-11-21)29(35)27-28(24-14-12-23(13-15-24)22-7-5-4-6-8-22)34(31(37)30(27)36)26-18-9-20(3)32-33-26;1-18-8-11-23(12-9-18)27(33)25-26(22-15-13-21(14-16-22)20-6-4-3-5-7-20)32(29(35)28(25)34)24-17-10-19(2)30-31-24;1-17(2)20-7-11-22(12-8-20)26-25(27(32)23-13-9-21(10-14-23)18(3)4)28(33)29(34)31(26)24-15-6-19(5)16-30-24;1-16(2)19-10-12-20(13-11-19)25-24(26(32)21-8-6-18(5)7-9-21)27(33)28(34)31(25)23-15-14-22(17(3)4)29-30-23/h4-19,28,35H,1-3H3;3-17,26,33H,1-2H3;6-18,26,32H,1-5H3;6-17,25,32H,1-5H3. The molecule has 4 aliphatic heterocycles. The monoisotopic (exact) mass is 1860 g/mol. The maximum absolute atomic E-state index is 13.4. The topological polar surface area (TPSA) is 321 Å². The number of aromatic nitrogens is 7. The van der Waals surface area contributed by atoms with Gasteiger partial charge in [-0.1, -0.05) is 341 Å².